The van der Waals surface area contributed by atoms with E-state index in [2.05, 4.69) is 29.4 Å². The SMILES string of the molecule is CCC1=CCNc2ncccc21. The van der Waals surface area contributed by atoms with Crippen LogP contribution in [0.4, 0.5) is 5.82 Å². The number of rotatable bonds is 1. The van der Waals surface area contributed by atoms with Crippen LogP contribution in [0.3, 0.4) is 0 Å². The zero-order valence-corrected chi connectivity index (χ0v) is 7.17. The highest BCUT2D eigenvalue weighted by Crippen LogP contribution is 2.26. The van der Waals surface area contributed by atoms with Gasteiger partial charge in [0.15, 0.2) is 0 Å². The molecule has 0 aromatic carbocycles. The minimum Gasteiger partial charge on any atom is -0.366 e. The molecule has 0 aliphatic carbocycles. The Kier molecular flexibility index (Phi) is 1.82. The Morgan fingerprint density at radius 1 is 1.58 bits per heavy atom. The van der Waals surface area contributed by atoms with Crippen LogP contribution in [0.2, 0.25) is 0 Å². The summed E-state index contributed by atoms with van der Waals surface area (Å²) in [5, 5.41) is 3.24. The van der Waals surface area contributed by atoms with Crippen molar-refractivity contribution in [1.82, 2.24) is 4.98 Å². The Bertz CT molecular complexity index is 315. The van der Waals surface area contributed by atoms with E-state index >= 15 is 0 Å². The number of hydrogen-bond donors (Lipinski definition) is 1. The fourth-order valence-electron chi connectivity index (χ4n) is 1.52. The third-order valence-corrected chi connectivity index (χ3v) is 2.15. The summed E-state index contributed by atoms with van der Waals surface area (Å²) in [5.74, 6) is 1.02. The molecule has 0 bridgehead atoms. The Balaban J connectivity index is 2.48. The summed E-state index contributed by atoms with van der Waals surface area (Å²) in [7, 11) is 0. The maximum absolute atomic E-state index is 4.27. The van der Waals surface area contributed by atoms with Crippen LogP contribution < -0.4 is 5.32 Å². The lowest BCUT2D eigenvalue weighted by Gasteiger charge is -2.16. The second kappa shape index (κ2) is 2.97. The van der Waals surface area contributed by atoms with E-state index in [0.29, 0.717) is 0 Å². The van der Waals surface area contributed by atoms with E-state index < -0.39 is 0 Å². The number of anilines is 1. The molecular weight excluding hydrogens is 148 g/mol. The van der Waals surface area contributed by atoms with Crippen LogP contribution >= 0.6 is 0 Å². The number of fused-ring (bicyclic) bond motifs is 1. The molecule has 1 aromatic rings. The lowest BCUT2D eigenvalue weighted by molar-refractivity contribution is 1.14. The van der Waals surface area contributed by atoms with E-state index in [1.807, 2.05) is 12.3 Å². The second-order valence-electron chi connectivity index (χ2n) is 2.86. The summed E-state index contributed by atoms with van der Waals surface area (Å²) in [5.41, 5.74) is 2.66. The first kappa shape index (κ1) is 7.35. The molecule has 0 unspecified atom stereocenters. The van der Waals surface area contributed by atoms with Crippen LogP contribution in [0.15, 0.2) is 24.4 Å². The van der Waals surface area contributed by atoms with Crippen LogP contribution in [0.5, 0.6) is 0 Å². The van der Waals surface area contributed by atoms with E-state index in [-0.39, 0.29) is 0 Å². The molecule has 12 heavy (non-hydrogen) atoms. The van der Waals surface area contributed by atoms with Crippen molar-refractivity contribution in [3.63, 3.8) is 0 Å². The summed E-state index contributed by atoms with van der Waals surface area (Å²) in [6, 6.07) is 4.10. The largest absolute Gasteiger partial charge is 0.366 e. The monoisotopic (exact) mass is 160 g/mol. The van der Waals surface area contributed by atoms with Gasteiger partial charge in [0.25, 0.3) is 0 Å². The maximum Gasteiger partial charge on any atom is 0.133 e. The third-order valence-electron chi connectivity index (χ3n) is 2.15. The van der Waals surface area contributed by atoms with Gasteiger partial charge >= 0.3 is 0 Å². The van der Waals surface area contributed by atoms with Crippen LogP contribution in [0, 0.1) is 0 Å². The fraction of sp³-hybridized carbons (Fsp3) is 0.300. The molecule has 0 radical (unpaired) electrons. The Morgan fingerprint density at radius 3 is 3.33 bits per heavy atom. The molecule has 0 saturated carbocycles. The van der Waals surface area contributed by atoms with Crippen molar-refractivity contribution < 1.29 is 0 Å². The summed E-state index contributed by atoms with van der Waals surface area (Å²) >= 11 is 0. The van der Waals surface area contributed by atoms with E-state index in [1.165, 1.54) is 11.1 Å². The normalized spacial score (nSPS) is 14.6. The van der Waals surface area contributed by atoms with E-state index in [4.69, 9.17) is 0 Å². The first-order valence-electron chi connectivity index (χ1n) is 4.30. The molecule has 0 amide bonds. The van der Waals surface area contributed by atoms with Crippen LogP contribution in [-0.2, 0) is 0 Å². The Morgan fingerprint density at radius 2 is 2.50 bits per heavy atom. The maximum atomic E-state index is 4.27. The van der Waals surface area contributed by atoms with E-state index in [9.17, 15) is 0 Å². The van der Waals surface area contributed by atoms with Gasteiger partial charge in [0.1, 0.15) is 5.82 Å². The molecule has 62 valence electrons. The van der Waals surface area contributed by atoms with Crippen molar-refractivity contribution in [3.05, 3.63) is 30.0 Å². The zero-order chi connectivity index (χ0) is 8.39. The number of allylic oxidation sites excluding steroid dienone is 1. The number of pyridine rings is 1. The van der Waals surface area contributed by atoms with Crippen molar-refractivity contribution in [3.8, 4) is 0 Å². The second-order valence-corrected chi connectivity index (χ2v) is 2.86. The summed E-state index contributed by atoms with van der Waals surface area (Å²) < 4.78 is 0. The highest BCUT2D eigenvalue weighted by atomic mass is 15.0. The lowest BCUT2D eigenvalue weighted by Crippen LogP contribution is -2.09. The van der Waals surface area contributed by atoms with E-state index in [1.54, 1.807) is 0 Å². The van der Waals surface area contributed by atoms with Crippen molar-refractivity contribution in [2.75, 3.05) is 11.9 Å². The van der Waals surface area contributed by atoms with Crippen LogP contribution in [-0.4, -0.2) is 11.5 Å². The lowest BCUT2D eigenvalue weighted by atomic mass is 10.0. The van der Waals surface area contributed by atoms with Crippen molar-refractivity contribution in [2.24, 2.45) is 0 Å². The molecule has 0 fully saturated rings. The quantitative estimate of drug-likeness (QED) is 0.681. The van der Waals surface area contributed by atoms with Crippen LogP contribution in [0.1, 0.15) is 18.9 Å². The van der Waals surface area contributed by atoms with Crippen LogP contribution in [0.25, 0.3) is 5.57 Å². The molecule has 1 N–H and O–H groups in total. The van der Waals surface area contributed by atoms with Crippen molar-refractivity contribution in [2.45, 2.75) is 13.3 Å². The van der Waals surface area contributed by atoms with Gasteiger partial charge in [0, 0.05) is 18.3 Å². The topological polar surface area (TPSA) is 24.9 Å². The van der Waals surface area contributed by atoms with Gasteiger partial charge in [0.2, 0.25) is 0 Å². The minimum absolute atomic E-state index is 0.910. The average molecular weight is 160 g/mol. The van der Waals surface area contributed by atoms with Gasteiger partial charge in [-0.25, -0.2) is 4.98 Å². The van der Waals surface area contributed by atoms with Gasteiger partial charge in [-0.3, -0.25) is 0 Å². The molecule has 2 heteroatoms. The van der Waals surface area contributed by atoms with E-state index in [0.717, 1.165) is 18.8 Å². The smallest absolute Gasteiger partial charge is 0.133 e. The van der Waals surface area contributed by atoms with Crippen molar-refractivity contribution >= 4 is 11.4 Å². The molecule has 1 aliphatic rings. The van der Waals surface area contributed by atoms with Gasteiger partial charge in [-0.1, -0.05) is 13.0 Å². The highest BCUT2D eigenvalue weighted by molar-refractivity contribution is 5.76. The zero-order valence-electron chi connectivity index (χ0n) is 7.17. The Labute approximate surface area is 72.3 Å². The van der Waals surface area contributed by atoms with Gasteiger partial charge in [0.05, 0.1) is 0 Å². The molecule has 0 spiro atoms. The highest BCUT2D eigenvalue weighted by Gasteiger charge is 2.09. The molecule has 1 aromatic heterocycles. The number of hydrogen-bond acceptors (Lipinski definition) is 2. The molecule has 1 aliphatic heterocycles. The number of nitrogens with one attached hydrogen (secondary N) is 1. The number of nitrogens with zero attached hydrogens (tertiary/aromatic N) is 1. The summed E-state index contributed by atoms with van der Waals surface area (Å²) in [4.78, 5) is 4.27. The molecule has 2 heterocycles. The predicted octanol–water partition coefficient (Wildman–Crippen LogP) is 2.30. The first-order valence-corrected chi connectivity index (χ1v) is 4.30. The molecule has 0 atom stereocenters. The fourth-order valence-corrected chi connectivity index (χ4v) is 1.52. The van der Waals surface area contributed by atoms with Gasteiger partial charge in [-0.2, -0.15) is 0 Å². The minimum atomic E-state index is 0.910. The van der Waals surface area contributed by atoms with Crippen molar-refractivity contribution in [1.29, 1.82) is 0 Å². The number of aromatic nitrogens is 1. The third kappa shape index (κ3) is 1.09. The van der Waals surface area contributed by atoms with Gasteiger partial charge in [-0.15, -0.1) is 0 Å². The molecular formula is C10H12N2. The molecule has 2 nitrogen and oxygen atoms in total. The molecule has 0 saturated heterocycles. The average Bonchev–Trinajstić information content (AvgIpc) is 2.17. The van der Waals surface area contributed by atoms with Gasteiger partial charge in [-0.05, 0) is 24.1 Å². The first-order chi connectivity index (χ1) is 5.92. The molecule has 2 rings (SSSR count). The Hall–Kier alpha value is -1.31. The summed E-state index contributed by atoms with van der Waals surface area (Å²) in [6.45, 7) is 3.08. The standard InChI is InChI=1S/C10H12N2/c1-2-8-5-7-12-10-9(8)4-3-6-11-10/h3-6H,2,7H2,1H3,(H,11,12). The summed E-state index contributed by atoms with van der Waals surface area (Å²) in [6.07, 6.45) is 5.13. The predicted molar refractivity (Wildman–Crippen MR) is 51.0 cm³/mol. The van der Waals surface area contributed by atoms with Gasteiger partial charge < -0.3 is 5.32 Å².